The number of hydrogen-bond acceptors (Lipinski definition) is 1. The highest BCUT2D eigenvalue weighted by Gasteiger charge is 2.36. The van der Waals surface area contributed by atoms with E-state index in [1.54, 1.807) is 0 Å². The maximum Gasteiger partial charge on any atom is 0.0496 e. The lowest BCUT2D eigenvalue weighted by atomic mass is 9.81. The Morgan fingerprint density at radius 3 is 1.39 bits per heavy atom. The maximum absolute atomic E-state index is 2.44. The molecule has 292 valence electrons. The van der Waals surface area contributed by atoms with E-state index in [9.17, 15) is 0 Å². The molecule has 1 heteroatoms. The second kappa shape index (κ2) is 14.5. The third-order valence-corrected chi connectivity index (χ3v) is 13.6. The molecule has 0 N–H and O–H groups in total. The van der Waals surface area contributed by atoms with Crippen LogP contribution in [0.3, 0.4) is 0 Å². The van der Waals surface area contributed by atoms with Gasteiger partial charge in [0.15, 0.2) is 0 Å². The van der Waals surface area contributed by atoms with Gasteiger partial charge in [-0.2, -0.15) is 0 Å². The van der Waals surface area contributed by atoms with Crippen molar-refractivity contribution in [3.05, 3.63) is 234 Å². The first-order chi connectivity index (χ1) is 29.8. The minimum absolute atomic E-state index is 0.115. The molecule has 2 aliphatic rings. The number of anilines is 3. The van der Waals surface area contributed by atoms with Crippen molar-refractivity contribution in [3.8, 4) is 66.8 Å². The summed E-state index contributed by atoms with van der Waals surface area (Å²) in [7, 11) is 0. The van der Waals surface area contributed by atoms with E-state index in [4.69, 9.17) is 0 Å². The zero-order valence-corrected chi connectivity index (χ0v) is 35.2. The second-order valence-corrected chi connectivity index (χ2v) is 17.3. The predicted molar refractivity (Wildman–Crippen MR) is 258 cm³/mol. The Balaban J connectivity index is 0.982. The number of rotatable bonds is 7. The highest BCUT2D eigenvalue weighted by molar-refractivity contribution is 5.91. The first-order valence-corrected chi connectivity index (χ1v) is 21.6. The van der Waals surface area contributed by atoms with E-state index in [1.807, 2.05) is 0 Å². The molecule has 0 saturated carbocycles. The van der Waals surface area contributed by atoms with Crippen LogP contribution in [0, 0.1) is 6.92 Å². The quantitative estimate of drug-likeness (QED) is 0.156. The molecule has 0 spiro atoms. The van der Waals surface area contributed by atoms with Crippen molar-refractivity contribution < 1.29 is 0 Å². The van der Waals surface area contributed by atoms with Gasteiger partial charge in [0, 0.05) is 28.4 Å². The Morgan fingerprint density at radius 2 is 0.803 bits per heavy atom. The van der Waals surface area contributed by atoms with Gasteiger partial charge in [-0.15, -0.1) is 0 Å². The first-order valence-electron chi connectivity index (χ1n) is 21.6. The fourth-order valence-corrected chi connectivity index (χ4v) is 10.3. The molecule has 11 rings (SSSR count). The summed E-state index contributed by atoms with van der Waals surface area (Å²) in [5.74, 6) is 0.324. The van der Waals surface area contributed by atoms with Gasteiger partial charge in [0.1, 0.15) is 0 Å². The third kappa shape index (κ3) is 6.07. The molecular formula is C60H47N. The van der Waals surface area contributed by atoms with E-state index in [0.29, 0.717) is 5.92 Å². The largest absolute Gasteiger partial charge is 0.310 e. The monoisotopic (exact) mass is 781 g/mol. The Kier molecular flexibility index (Phi) is 8.76. The summed E-state index contributed by atoms with van der Waals surface area (Å²) in [5.41, 5.74) is 25.5. The summed E-state index contributed by atoms with van der Waals surface area (Å²) < 4.78 is 0. The van der Waals surface area contributed by atoms with E-state index in [0.717, 1.165) is 11.4 Å². The number of nitrogens with zero attached hydrogens (tertiary/aromatic N) is 1. The number of benzene rings is 9. The number of hydrogen-bond donors (Lipinski definition) is 0. The normalized spacial score (nSPS) is 14.2. The molecule has 9 aromatic carbocycles. The van der Waals surface area contributed by atoms with Crippen LogP contribution in [0.2, 0.25) is 0 Å². The summed E-state index contributed by atoms with van der Waals surface area (Å²) in [6.45, 7) is 9.40. The van der Waals surface area contributed by atoms with E-state index in [-0.39, 0.29) is 5.41 Å². The molecule has 0 aliphatic heterocycles. The Hall–Kier alpha value is -7.22. The predicted octanol–water partition coefficient (Wildman–Crippen LogP) is 16.6. The van der Waals surface area contributed by atoms with Gasteiger partial charge in [0.2, 0.25) is 0 Å². The highest BCUT2D eigenvalue weighted by atomic mass is 15.1. The van der Waals surface area contributed by atoms with Crippen molar-refractivity contribution >= 4 is 17.1 Å². The summed E-state index contributed by atoms with van der Waals surface area (Å²) in [6.07, 6.45) is 0. The molecule has 0 radical (unpaired) electrons. The van der Waals surface area contributed by atoms with E-state index >= 15 is 0 Å². The molecule has 1 atom stereocenters. The van der Waals surface area contributed by atoms with E-state index < -0.39 is 0 Å². The van der Waals surface area contributed by atoms with Crippen molar-refractivity contribution in [2.24, 2.45) is 0 Å². The van der Waals surface area contributed by atoms with Crippen LogP contribution < -0.4 is 4.90 Å². The molecule has 61 heavy (non-hydrogen) atoms. The van der Waals surface area contributed by atoms with Crippen LogP contribution in [0.4, 0.5) is 17.1 Å². The van der Waals surface area contributed by atoms with Gasteiger partial charge in [-0.05, 0) is 144 Å². The smallest absolute Gasteiger partial charge is 0.0496 e. The average Bonchev–Trinajstić information content (AvgIpc) is 3.73. The van der Waals surface area contributed by atoms with Gasteiger partial charge in [-0.3, -0.25) is 0 Å². The molecular weight excluding hydrogens is 735 g/mol. The zero-order chi connectivity index (χ0) is 41.2. The summed E-state index contributed by atoms with van der Waals surface area (Å²) in [4.78, 5) is 2.44. The van der Waals surface area contributed by atoms with Crippen LogP contribution >= 0.6 is 0 Å². The summed E-state index contributed by atoms with van der Waals surface area (Å²) in [6, 6.07) is 76.2. The van der Waals surface area contributed by atoms with Gasteiger partial charge in [0.25, 0.3) is 0 Å². The third-order valence-electron chi connectivity index (χ3n) is 13.6. The SMILES string of the molecule is Cc1c(-c2cccc3c2C(C)c2ccccc2-3)cccc1N(c1ccc(-c2ccccc2)cc1)c1ccc(-c2ccc3c(c2)C(C)(C)c2cc(-c4ccccc4)ccc2-3)cc1. The van der Waals surface area contributed by atoms with Gasteiger partial charge in [-0.25, -0.2) is 0 Å². The molecule has 2 aliphatic carbocycles. The van der Waals surface area contributed by atoms with Gasteiger partial charge in [-0.1, -0.05) is 185 Å². The van der Waals surface area contributed by atoms with Crippen LogP contribution in [-0.4, -0.2) is 0 Å². The van der Waals surface area contributed by atoms with Crippen LogP contribution in [0.1, 0.15) is 54.5 Å². The minimum Gasteiger partial charge on any atom is -0.310 e. The fourth-order valence-electron chi connectivity index (χ4n) is 10.3. The van der Waals surface area contributed by atoms with Crippen molar-refractivity contribution in [2.45, 2.75) is 39.0 Å². The molecule has 1 nitrogen and oxygen atoms in total. The van der Waals surface area contributed by atoms with Crippen LogP contribution in [0.15, 0.2) is 206 Å². The van der Waals surface area contributed by atoms with Gasteiger partial charge in [0.05, 0.1) is 0 Å². The fraction of sp³-hybridized carbons (Fsp3) is 0.100. The lowest BCUT2D eigenvalue weighted by Gasteiger charge is -2.29. The van der Waals surface area contributed by atoms with Crippen molar-refractivity contribution in [1.29, 1.82) is 0 Å². The maximum atomic E-state index is 2.44. The van der Waals surface area contributed by atoms with Crippen LogP contribution in [-0.2, 0) is 5.41 Å². The lowest BCUT2D eigenvalue weighted by Crippen LogP contribution is -2.15. The molecule has 1 unspecified atom stereocenters. The molecule has 0 heterocycles. The molecule has 0 bridgehead atoms. The lowest BCUT2D eigenvalue weighted by molar-refractivity contribution is 0.661. The molecule has 0 fully saturated rings. The zero-order valence-electron chi connectivity index (χ0n) is 35.2. The van der Waals surface area contributed by atoms with Crippen molar-refractivity contribution in [2.75, 3.05) is 4.90 Å². The standard InChI is InChI=1S/C60H47N/c1-39-49(54-22-13-23-55-51-20-12-11-19-50(51)40(2)59(54)55)21-14-24-58(39)61(47-31-25-43(26-32-47)41-15-7-5-8-16-41)48-33-27-44(28-34-48)46-30-36-53-52-35-29-45(42-17-9-6-10-18-42)37-56(52)60(3,4)57(53)38-46/h5-38,40H,1-4H3. The van der Waals surface area contributed by atoms with Gasteiger partial charge < -0.3 is 4.90 Å². The van der Waals surface area contributed by atoms with Gasteiger partial charge >= 0.3 is 0 Å². The van der Waals surface area contributed by atoms with Crippen molar-refractivity contribution in [3.63, 3.8) is 0 Å². The first kappa shape index (κ1) is 36.8. The highest BCUT2D eigenvalue weighted by Crippen LogP contribution is 2.52. The number of fused-ring (bicyclic) bond motifs is 6. The molecule has 0 amide bonds. The van der Waals surface area contributed by atoms with E-state index in [2.05, 4.69) is 239 Å². The Bertz CT molecular complexity index is 3100. The molecule has 9 aromatic rings. The van der Waals surface area contributed by atoms with Crippen molar-refractivity contribution in [1.82, 2.24) is 0 Å². The molecule has 0 aromatic heterocycles. The van der Waals surface area contributed by atoms with Crippen LogP contribution in [0.25, 0.3) is 66.8 Å². The summed E-state index contributed by atoms with van der Waals surface area (Å²) >= 11 is 0. The van der Waals surface area contributed by atoms with Crippen LogP contribution in [0.5, 0.6) is 0 Å². The Labute approximate surface area is 360 Å². The second-order valence-electron chi connectivity index (χ2n) is 17.3. The average molecular weight is 782 g/mol. The van der Waals surface area contributed by atoms with E-state index in [1.165, 1.54) is 100 Å². The Morgan fingerprint density at radius 1 is 0.377 bits per heavy atom. The molecule has 0 saturated heterocycles. The summed E-state index contributed by atoms with van der Waals surface area (Å²) in [5, 5.41) is 0. The topological polar surface area (TPSA) is 3.24 Å². The minimum atomic E-state index is -0.115.